The number of hydrogen-bond acceptors (Lipinski definition) is 4. The first-order valence-electron chi connectivity index (χ1n) is 3.40. The van der Waals surface area contributed by atoms with Crippen molar-refractivity contribution >= 4 is 0 Å². The molecule has 0 rings (SSSR count). The maximum absolute atomic E-state index is 8.34. The van der Waals surface area contributed by atoms with Crippen molar-refractivity contribution in [3.05, 3.63) is 12.7 Å². The second-order valence-corrected chi connectivity index (χ2v) is 2.81. The summed E-state index contributed by atoms with van der Waals surface area (Å²) >= 11 is 2.77. The van der Waals surface area contributed by atoms with Gasteiger partial charge in [-0.05, 0) is 0 Å². The van der Waals surface area contributed by atoms with E-state index in [-0.39, 0.29) is 0 Å². The molecule has 0 spiro atoms. The fraction of sp³-hybridized carbons (Fsp3) is 0.714. The number of rotatable bonds is 4. The molecule has 0 amide bonds. The molecule has 0 atom stereocenters. The summed E-state index contributed by atoms with van der Waals surface area (Å²) in [5.41, 5.74) is 3.94. The van der Waals surface area contributed by atoms with Gasteiger partial charge < -0.3 is 21.1 Å². The summed E-state index contributed by atoms with van der Waals surface area (Å²) < 4.78 is 0. The van der Waals surface area contributed by atoms with Gasteiger partial charge in [-0.1, -0.05) is 0 Å². The van der Waals surface area contributed by atoms with Crippen LogP contribution in [0.25, 0.3) is 0 Å². The minimum Gasteiger partial charge on any atom is -0.394 e. The topological polar surface area (TPSA) is 86.7 Å². The smallest absolute Gasteiger partial charge is 0.0856 e. The van der Waals surface area contributed by atoms with Crippen molar-refractivity contribution in [3.63, 3.8) is 0 Å². The fourth-order valence-electron chi connectivity index (χ4n) is 0.150. The number of nitrogens with two attached hydrogens (primary N) is 1. The molecule has 0 unspecified atom stereocenters. The fourth-order valence-corrected chi connectivity index (χ4v) is 0.150. The van der Waals surface area contributed by atoms with Crippen LogP contribution in [0.15, 0.2) is 12.7 Å². The molecule has 0 saturated carbocycles. The summed E-state index contributed by atoms with van der Waals surface area (Å²) in [4.78, 5) is 0. The zero-order valence-electron chi connectivity index (χ0n) is 6.94. The van der Waals surface area contributed by atoms with Crippen molar-refractivity contribution in [2.45, 2.75) is 10.8 Å². The van der Waals surface area contributed by atoms with E-state index in [0.717, 1.165) is 5.28 Å². The Kier molecular flexibility index (Phi) is 11.2. The van der Waals surface area contributed by atoms with E-state index in [1.165, 1.54) is 0 Å². The van der Waals surface area contributed by atoms with Crippen LogP contribution in [0.1, 0.15) is 0 Å². The van der Waals surface area contributed by atoms with E-state index in [2.05, 4.69) is 22.9 Å². The number of hydrogen-bond donors (Lipinski definition) is 4. The largest absolute Gasteiger partial charge is 0.394 e. The molecule has 73 valence electrons. The van der Waals surface area contributed by atoms with Crippen molar-refractivity contribution in [2.75, 3.05) is 19.8 Å². The van der Waals surface area contributed by atoms with Gasteiger partial charge in [0.2, 0.25) is 0 Å². The van der Waals surface area contributed by atoms with Crippen molar-refractivity contribution in [1.82, 2.24) is 0 Å². The summed E-state index contributed by atoms with van der Waals surface area (Å²) in [7, 11) is 0. The number of aliphatic hydroxyl groups excluding tert-OH is 3. The quantitative estimate of drug-likeness (QED) is 0.443. The van der Waals surface area contributed by atoms with Gasteiger partial charge in [-0.2, -0.15) is 0 Å². The average Bonchev–Trinajstić information content (AvgIpc) is 2.17. The van der Waals surface area contributed by atoms with Crippen LogP contribution in [0.5, 0.6) is 0 Å². The number of aliphatic hydroxyl groups is 3. The first-order chi connectivity index (χ1) is 5.60. The second kappa shape index (κ2) is 9.20. The van der Waals surface area contributed by atoms with Gasteiger partial charge in [0.25, 0.3) is 0 Å². The molecule has 0 aromatic heterocycles. The SMILES string of the molecule is C=C[CH2][Cr].NC(CO)(CO)CO. The predicted molar refractivity (Wildman–Crippen MR) is 43.2 cm³/mol. The summed E-state index contributed by atoms with van der Waals surface area (Å²) in [6, 6.07) is 0. The van der Waals surface area contributed by atoms with Gasteiger partial charge in [-0.3, -0.25) is 0 Å². The first kappa shape index (κ1) is 14.6. The maximum Gasteiger partial charge on any atom is 0.0856 e. The zero-order valence-corrected chi connectivity index (χ0v) is 8.22. The summed E-state index contributed by atoms with van der Waals surface area (Å²) in [6.07, 6.45) is 1.82. The first-order valence-corrected chi connectivity index (χ1v) is 4.30. The Labute approximate surface area is 81.1 Å². The van der Waals surface area contributed by atoms with E-state index in [0.29, 0.717) is 0 Å². The average molecular weight is 214 g/mol. The van der Waals surface area contributed by atoms with E-state index < -0.39 is 25.4 Å². The van der Waals surface area contributed by atoms with Crippen LogP contribution in [0, 0.1) is 0 Å². The molecule has 0 radical (unpaired) electrons. The molecule has 4 nitrogen and oxygen atoms in total. The van der Waals surface area contributed by atoms with Crippen LogP contribution in [-0.4, -0.2) is 40.7 Å². The summed E-state index contributed by atoms with van der Waals surface area (Å²) in [6.45, 7) is 2.24. The van der Waals surface area contributed by atoms with Crippen molar-refractivity contribution in [3.8, 4) is 0 Å². The maximum atomic E-state index is 8.34. The van der Waals surface area contributed by atoms with Crippen LogP contribution in [0.2, 0.25) is 5.28 Å². The van der Waals surface area contributed by atoms with Gasteiger partial charge in [0.1, 0.15) is 0 Å². The molecule has 0 aliphatic rings. The standard InChI is InChI=1S/C4H11NO3.C3H5.Cr/c5-4(1-6,2-7)3-8;1-3-2;/h6-8H,1-3,5H2;3H,1-2H2;. The van der Waals surface area contributed by atoms with Crippen molar-refractivity contribution in [2.24, 2.45) is 5.73 Å². The molecule has 5 N–H and O–H groups in total. The van der Waals surface area contributed by atoms with Crippen molar-refractivity contribution < 1.29 is 31.6 Å². The minimum atomic E-state index is -1.21. The van der Waals surface area contributed by atoms with Gasteiger partial charge in [-0.15, -0.1) is 0 Å². The molecule has 0 saturated heterocycles. The third kappa shape index (κ3) is 8.21. The van der Waals surface area contributed by atoms with Crippen LogP contribution < -0.4 is 5.73 Å². The van der Waals surface area contributed by atoms with Crippen LogP contribution in [-0.2, 0) is 16.3 Å². The Morgan fingerprint density at radius 2 is 1.50 bits per heavy atom. The van der Waals surface area contributed by atoms with E-state index in [4.69, 9.17) is 21.1 Å². The molecule has 0 aromatic rings. The van der Waals surface area contributed by atoms with Gasteiger partial charge in [0, 0.05) is 0 Å². The van der Waals surface area contributed by atoms with Gasteiger partial charge >= 0.3 is 34.2 Å². The third-order valence-corrected chi connectivity index (χ3v) is 1.43. The molecule has 0 bridgehead atoms. The van der Waals surface area contributed by atoms with E-state index in [1.807, 2.05) is 6.08 Å². The molecule has 0 fully saturated rings. The second-order valence-electron chi connectivity index (χ2n) is 2.29. The van der Waals surface area contributed by atoms with E-state index in [1.54, 1.807) is 0 Å². The molecule has 12 heavy (non-hydrogen) atoms. The van der Waals surface area contributed by atoms with Gasteiger partial charge in [0.05, 0.1) is 25.4 Å². The van der Waals surface area contributed by atoms with Crippen LogP contribution in [0.3, 0.4) is 0 Å². The Morgan fingerprint density at radius 3 is 1.50 bits per heavy atom. The minimum absolute atomic E-state index is 0.403. The molecular weight excluding hydrogens is 198 g/mol. The van der Waals surface area contributed by atoms with Gasteiger partial charge in [-0.25, -0.2) is 0 Å². The van der Waals surface area contributed by atoms with Crippen LogP contribution >= 0.6 is 0 Å². The van der Waals surface area contributed by atoms with Gasteiger partial charge in [0.15, 0.2) is 0 Å². The van der Waals surface area contributed by atoms with Crippen molar-refractivity contribution in [1.29, 1.82) is 0 Å². The van der Waals surface area contributed by atoms with E-state index >= 15 is 0 Å². The zero-order chi connectivity index (χ0) is 10.0. The molecule has 0 aliphatic heterocycles. The summed E-state index contributed by atoms with van der Waals surface area (Å²) in [5, 5.41) is 26.0. The molecule has 5 heteroatoms. The molecular formula is C7H16CrNO3. The van der Waals surface area contributed by atoms with E-state index in [9.17, 15) is 0 Å². The monoisotopic (exact) mass is 214 g/mol. The molecule has 0 aromatic carbocycles. The Bertz CT molecular complexity index is 98.6. The Morgan fingerprint density at radius 1 is 1.25 bits per heavy atom. The summed E-state index contributed by atoms with van der Waals surface area (Å²) in [5.74, 6) is 0. The third-order valence-electron chi connectivity index (χ3n) is 1.06. The normalized spacial score (nSPS) is 10.0. The molecule has 0 aliphatic carbocycles. The van der Waals surface area contributed by atoms with Crippen LogP contribution in [0.4, 0.5) is 0 Å². The molecule has 0 heterocycles. The number of allylic oxidation sites excluding steroid dienone is 1. The predicted octanol–water partition coefficient (Wildman–Crippen LogP) is -1.20. The Balaban J connectivity index is 0. The Hall–Kier alpha value is 0.112.